The first-order valence-corrected chi connectivity index (χ1v) is 7.02. The Morgan fingerprint density at radius 2 is 1.60 bits per heavy atom. The van der Waals surface area contributed by atoms with Gasteiger partial charge in [-0.2, -0.15) is 0 Å². The molecule has 0 bridgehead atoms. The zero-order valence-corrected chi connectivity index (χ0v) is 12.4. The molecule has 0 amide bonds. The summed E-state index contributed by atoms with van der Waals surface area (Å²) >= 11 is 12.8. The maximum absolute atomic E-state index is 6.79. The van der Waals surface area contributed by atoms with E-state index >= 15 is 0 Å². The second-order valence-corrected chi connectivity index (χ2v) is 5.53. The van der Waals surface area contributed by atoms with Crippen molar-refractivity contribution in [2.75, 3.05) is 0 Å². The van der Waals surface area contributed by atoms with Gasteiger partial charge < -0.3 is 0 Å². The summed E-state index contributed by atoms with van der Waals surface area (Å²) < 4.78 is 0. The SMILES string of the molecule is Cc1ccccc1C1(Cl)N=C(Cl)N=C1c1ccccc1. The average molecular weight is 303 g/mol. The summed E-state index contributed by atoms with van der Waals surface area (Å²) in [7, 11) is 0. The van der Waals surface area contributed by atoms with Gasteiger partial charge in [0.2, 0.25) is 10.3 Å². The highest BCUT2D eigenvalue weighted by Gasteiger charge is 2.41. The van der Waals surface area contributed by atoms with Gasteiger partial charge in [0, 0.05) is 11.1 Å². The molecular weight excluding hydrogens is 291 g/mol. The highest BCUT2D eigenvalue weighted by Crippen LogP contribution is 2.40. The lowest BCUT2D eigenvalue weighted by Crippen LogP contribution is -2.27. The molecule has 100 valence electrons. The molecule has 1 heterocycles. The predicted molar refractivity (Wildman–Crippen MR) is 85.0 cm³/mol. The van der Waals surface area contributed by atoms with E-state index in [0.717, 1.165) is 16.7 Å². The smallest absolute Gasteiger partial charge is 0.220 e. The summed E-state index contributed by atoms with van der Waals surface area (Å²) in [6, 6.07) is 17.6. The third kappa shape index (κ3) is 2.15. The minimum atomic E-state index is -1.05. The Morgan fingerprint density at radius 3 is 2.30 bits per heavy atom. The Hall–Kier alpha value is -1.64. The van der Waals surface area contributed by atoms with Gasteiger partial charge in [0.1, 0.15) is 0 Å². The van der Waals surface area contributed by atoms with Crippen LogP contribution in [-0.4, -0.2) is 11.0 Å². The van der Waals surface area contributed by atoms with E-state index in [1.807, 2.05) is 61.5 Å². The van der Waals surface area contributed by atoms with Gasteiger partial charge in [-0.1, -0.05) is 66.2 Å². The van der Waals surface area contributed by atoms with Crippen molar-refractivity contribution in [1.29, 1.82) is 0 Å². The normalized spacial score (nSPS) is 21.6. The van der Waals surface area contributed by atoms with Crippen LogP contribution in [0.5, 0.6) is 0 Å². The predicted octanol–water partition coefficient (Wildman–Crippen LogP) is 4.48. The molecule has 0 saturated carbocycles. The lowest BCUT2D eigenvalue weighted by molar-refractivity contribution is 0.876. The van der Waals surface area contributed by atoms with Crippen molar-refractivity contribution < 1.29 is 0 Å². The third-order valence-corrected chi connectivity index (χ3v) is 3.95. The number of hydrogen-bond donors (Lipinski definition) is 0. The highest BCUT2D eigenvalue weighted by atomic mass is 35.5. The van der Waals surface area contributed by atoms with Gasteiger partial charge in [-0.25, -0.2) is 9.98 Å². The summed E-state index contributed by atoms with van der Waals surface area (Å²) in [6.45, 7) is 2.00. The molecule has 4 heteroatoms. The second-order valence-electron chi connectivity index (χ2n) is 4.64. The van der Waals surface area contributed by atoms with Crippen LogP contribution in [0.1, 0.15) is 16.7 Å². The first-order valence-electron chi connectivity index (χ1n) is 6.26. The van der Waals surface area contributed by atoms with Gasteiger partial charge in [-0.15, -0.1) is 0 Å². The van der Waals surface area contributed by atoms with Crippen LogP contribution in [0, 0.1) is 6.92 Å². The van der Waals surface area contributed by atoms with Crippen LogP contribution < -0.4 is 0 Å². The number of hydrogen-bond acceptors (Lipinski definition) is 2. The van der Waals surface area contributed by atoms with Gasteiger partial charge in [0.25, 0.3) is 0 Å². The number of aliphatic imine (C=N–C) groups is 2. The Labute approximate surface area is 127 Å². The molecule has 0 spiro atoms. The fraction of sp³-hybridized carbons (Fsp3) is 0.125. The van der Waals surface area contributed by atoms with Crippen molar-refractivity contribution in [2.24, 2.45) is 9.98 Å². The molecule has 2 nitrogen and oxygen atoms in total. The van der Waals surface area contributed by atoms with Crippen molar-refractivity contribution in [2.45, 2.75) is 11.9 Å². The van der Waals surface area contributed by atoms with Crippen LogP contribution in [0.2, 0.25) is 0 Å². The summed E-state index contributed by atoms with van der Waals surface area (Å²) in [6.07, 6.45) is 0. The fourth-order valence-electron chi connectivity index (χ4n) is 2.36. The van der Waals surface area contributed by atoms with Crippen molar-refractivity contribution in [3.05, 3.63) is 71.3 Å². The molecule has 0 fully saturated rings. The highest BCUT2D eigenvalue weighted by molar-refractivity contribution is 6.67. The first kappa shape index (κ1) is 13.3. The van der Waals surface area contributed by atoms with E-state index < -0.39 is 5.00 Å². The Kier molecular flexibility index (Phi) is 3.36. The van der Waals surface area contributed by atoms with Gasteiger partial charge >= 0.3 is 0 Å². The van der Waals surface area contributed by atoms with E-state index in [0.29, 0.717) is 5.71 Å². The van der Waals surface area contributed by atoms with Gasteiger partial charge in [-0.05, 0) is 24.1 Å². The summed E-state index contributed by atoms with van der Waals surface area (Å²) in [4.78, 5) is 7.63. The molecular formula is C16H12Cl2N2. The number of rotatable bonds is 2. The topological polar surface area (TPSA) is 24.7 Å². The molecule has 1 atom stereocenters. The Bertz CT molecular complexity index is 707. The zero-order chi connectivity index (χ0) is 14.2. The van der Waals surface area contributed by atoms with E-state index in [9.17, 15) is 0 Å². The van der Waals surface area contributed by atoms with Crippen LogP contribution >= 0.6 is 23.2 Å². The zero-order valence-electron chi connectivity index (χ0n) is 10.8. The second kappa shape index (κ2) is 5.04. The van der Waals surface area contributed by atoms with Gasteiger partial charge in [-0.3, -0.25) is 0 Å². The third-order valence-electron chi connectivity index (χ3n) is 3.31. The van der Waals surface area contributed by atoms with E-state index in [1.54, 1.807) is 0 Å². The number of nitrogens with zero attached hydrogens (tertiary/aromatic N) is 2. The van der Waals surface area contributed by atoms with Crippen LogP contribution in [0.25, 0.3) is 0 Å². The lowest BCUT2D eigenvalue weighted by atomic mass is 9.93. The monoisotopic (exact) mass is 302 g/mol. The molecule has 0 aliphatic carbocycles. The number of alkyl halides is 1. The molecule has 1 unspecified atom stereocenters. The largest absolute Gasteiger partial charge is 0.221 e. The quantitative estimate of drug-likeness (QED) is 0.577. The molecule has 2 aromatic carbocycles. The molecule has 1 aliphatic heterocycles. The number of halogens is 2. The fourth-order valence-corrected chi connectivity index (χ4v) is 3.05. The van der Waals surface area contributed by atoms with Gasteiger partial charge in [0.05, 0.1) is 5.71 Å². The van der Waals surface area contributed by atoms with Crippen LogP contribution in [-0.2, 0) is 5.00 Å². The van der Waals surface area contributed by atoms with Crippen LogP contribution in [0.15, 0.2) is 64.6 Å². The molecule has 20 heavy (non-hydrogen) atoms. The number of aryl methyl sites for hydroxylation is 1. The van der Waals surface area contributed by atoms with Crippen molar-refractivity contribution in [3.8, 4) is 0 Å². The molecule has 1 aliphatic rings. The lowest BCUT2D eigenvalue weighted by Gasteiger charge is -2.23. The Morgan fingerprint density at radius 1 is 0.950 bits per heavy atom. The molecule has 0 radical (unpaired) electrons. The van der Waals surface area contributed by atoms with E-state index in [-0.39, 0.29) is 5.29 Å². The summed E-state index contributed by atoms with van der Waals surface area (Å²) in [5.41, 5.74) is 3.55. The van der Waals surface area contributed by atoms with Crippen LogP contribution in [0.4, 0.5) is 0 Å². The minimum absolute atomic E-state index is 0.183. The minimum Gasteiger partial charge on any atom is -0.221 e. The number of benzene rings is 2. The number of amidine groups is 1. The van der Waals surface area contributed by atoms with E-state index in [2.05, 4.69) is 9.98 Å². The van der Waals surface area contributed by atoms with Crippen molar-refractivity contribution in [3.63, 3.8) is 0 Å². The average Bonchev–Trinajstić information content (AvgIpc) is 2.76. The molecule has 0 N–H and O–H groups in total. The summed E-state index contributed by atoms with van der Waals surface area (Å²) in [5, 5.41) is 0.183. The maximum atomic E-state index is 6.79. The summed E-state index contributed by atoms with van der Waals surface area (Å²) in [5.74, 6) is 0. The van der Waals surface area contributed by atoms with Crippen molar-refractivity contribution >= 4 is 34.2 Å². The van der Waals surface area contributed by atoms with Gasteiger partial charge in [0.15, 0.2) is 0 Å². The molecule has 3 rings (SSSR count). The maximum Gasteiger partial charge on any atom is 0.220 e. The van der Waals surface area contributed by atoms with Crippen molar-refractivity contribution in [1.82, 2.24) is 0 Å². The first-order chi connectivity index (χ1) is 9.61. The Balaban J connectivity index is 2.17. The van der Waals surface area contributed by atoms with E-state index in [4.69, 9.17) is 23.2 Å². The molecule has 0 aromatic heterocycles. The standard InChI is InChI=1S/C16H12Cl2N2/c1-11-7-5-6-10-13(11)16(18)14(19-15(17)20-16)12-8-3-2-4-9-12/h2-10H,1H3. The van der Waals surface area contributed by atoms with Crippen LogP contribution in [0.3, 0.4) is 0 Å². The van der Waals surface area contributed by atoms with E-state index in [1.165, 1.54) is 0 Å². The molecule has 2 aromatic rings. The molecule has 0 saturated heterocycles.